The van der Waals surface area contributed by atoms with E-state index in [0.717, 1.165) is 0 Å². The van der Waals surface area contributed by atoms with Gasteiger partial charge in [0.05, 0.1) is 24.0 Å². The Kier molecular flexibility index (Phi) is 3.04. The van der Waals surface area contributed by atoms with E-state index >= 15 is 0 Å². The van der Waals surface area contributed by atoms with Gasteiger partial charge in [0.2, 0.25) is 11.8 Å². The third-order valence-electron chi connectivity index (χ3n) is 3.35. The highest BCUT2D eigenvalue weighted by atomic mass is 16.5. The van der Waals surface area contributed by atoms with E-state index in [1.807, 2.05) is 0 Å². The summed E-state index contributed by atoms with van der Waals surface area (Å²) in [4.78, 5) is 34.9. The number of aliphatic hydroxyl groups excluding tert-OH is 1. The van der Waals surface area contributed by atoms with Crippen molar-refractivity contribution in [1.82, 2.24) is 5.32 Å². The molecule has 2 amide bonds. The molecule has 0 bridgehead atoms. The SMILES string of the molecule is COC(=O)C1=CC2C(=O)NC(=O)C2(CCO)C=C1. The number of fused-ring (bicyclic) bond motifs is 1. The summed E-state index contributed by atoms with van der Waals surface area (Å²) in [7, 11) is 1.24. The van der Waals surface area contributed by atoms with Crippen LogP contribution in [0.1, 0.15) is 6.42 Å². The molecule has 0 aromatic heterocycles. The van der Waals surface area contributed by atoms with Crippen LogP contribution in [0.2, 0.25) is 0 Å². The first-order valence-electron chi connectivity index (χ1n) is 5.50. The van der Waals surface area contributed by atoms with E-state index < -0.39 is 29.1 Å². The molecule has 18 heavy (non-hydrogen) atoms. The summed E-state index contributed by atoms with van der Waals surface area (Å²) < 4.78 is 4.57. The summed E-state index contributed by atoms with van der Waals surface area (Å²) in [6.45, 7) is -0.219. The van der Waals surface area contributed by atoms with Gasteiger partial charge in [0.15, 0.2) is 0 Å². The van der Waals surface area contributed by atoms with Crippen molar-refractivity contribution in [2.45, 2.75) is 6.42 Å². The lowest BCUT2D eigenvalue weighted by molar-refractivity contribution is -0.136. The van der Waals surface area contributed by atoms with Gasteiger partial charge in [0.25, 0.3) is 0 Å². The van der Waals surface area contributed by atoms with Crippen molar-refractivity contribution in [1.29, 1.82) is 0 Å². The number of rotatable bonds is 3. The minimum Gasteiger partial charge on any atom is -0.465 e. The van der Waals surface area contributed by atoms with E-state index in [1.165, 1.54) is 25.3 Å². The number of methoxy groups -OCH3 is 1. The van der Waals surface area contributed by atoms with Crippen LogP contribution in [0.15, 0.2) is 23.8 Å². The predicted octanol–water partition coefficient (Wildman–Crippen LogP) is -0.703. The van der Waals surface area contributed by atoms with E-state index in [9.17, 15) is 14.4 Å². The van der Waals surface area contributed by atoms with Gasteiger partial charge in [-0.3, -0.25) is 14.9 Å². The summed E-state index contributed by atoms with van der Waals surface area (Å²) >= 11 is 0. The van der Waals surface area contributed by atoms with Gasteiger partial charge >= 0.3 is 5.97 Å². The molecule has 1 fully saturated rings. The van der Waals surface area contributed by atoms with Crippen LogP contribution in [-0.2, 0) is 19.1 Å². The standard InChI is InChI=1S/C12H13NO5/c1-18-10(16)7-2-3-12(4-5-14)8(6-7)9(15)13-11(12)17/h2-3,6,8,14H,4-5H2,1H3,(H,13,15,17). The normalized spacial score (nSPS) is 29.7. The number of ether oxygens (including phenoxy) is 1. The minimum atomic E-state index is -1.08. The number of aliphatic hydroxyl groups is 1. The lowest BCUT2D eigenvalue weighted by Crippen LogP contribution is -2.35. The number of amides is 2. The molecule has 1 aliphatic carbocycles. The smallest absolute Gasteiger partial charge is 0.337 e. The zero-order valence-corrected chi connectivity index (χ0v) is 9.80. The number of imide groups is 1. The summed E-state index contributed by atoms with van der Waals surface area (Å²) in [6.07, 6.45) is 4.51. The van der Waals surface area contributed by atoms with Crippen molar-refractivity contribution < 1.29 is 24.2 Å². The van der Waals surface area contributed by atoms with Crippen LogP contribution in [0.3, 0.4) is 0 Å². The Labute approximate surface area is 103 Å². The van der Waals surface area contributed by atoms with Crippen LogP contribution in [0.25, 0.3) is 0 Å². The monoisotopic (exact) mass is 251 g/mol. The van der Waals surface area contributed by atoms with E-state index in [-0.39, 0.29) is 18.6 Å². The van der Waals surface area contributed by atoms with Gasteiger partial charge in [0.1, 0.15) is 0 Å². The molecule has 1 aliphatic heterocycles. The van der Waals surface area contributed by atoms with Crippen LogP contribution < -0.4 is 5.32 Å². The highest BCUT2D eigenvalue weighted by Gasteiger charge is 2.53. The Hall–Kier alpha value is -1.95. The van der Waals surface area contributed by atoms with Gasteiger partial charge < -0.3 is 9.84 Å². The predicted molar refractivity (Wildman–Crippen MR) is 60.0 cm³/mol. The molecule has 0 aromatic carbocycles. The van der Waals surface area contributed by atoms with Gasteiger partial charge in [-0.2, -0.15) is 0 Å². The molecule has 6 nitrogen and oxygen atoms in total. The minimum absolute atomic E-state index is 0.136. The maximum Gasteiger partial charge on any atom is 0.337 e. The topological polar surface area (TPSA) is 92.7 Å². The molecular weight excluding hydrogens is 238 g/mol. The molecule has 2 N–H and O–H groups in total. The second-order valence-corrected chi connectivity index (χ2v) is 4.26. The maximum absolute atomic E-state index is 11.8. The lowest BCUT2D eigenvalue weighted by Gasteiger charge is -2.28. The molecule has 1 saturated heterocycles. The van der Waals surface area contributed by atoms with Crippen LogP contribution in [-0.4, -0.2) is 36.6 Å². The quantitative estimate of drug-likeness (QED) is 0.511. The Morgan fingerprint density at radius 1 is 1.56 bits per heavy atom. The average Bonchev–Trinajstić information content (AvgIpc) is 2.61. The molecule has 0 spiro atoms. The first-order valence-corrected chi connectivity index (χ1v) is 5.50. The zero-order chi connectivity index (χ0) is 13.3. The number of hydrogen-bond acceptors (Lipinski definition) is 5. The summed E-state index contributed by atoms with van der Waals surface area (Å²) in [5.41, 5.74) is -0.843. The number of carbonyl (C=O) groups is 3. The largest absolute Gasteiger partial charge is 0.465 e. The average molecular weight is 251 g/mol. The number of nitrogens with one attached hydrogen (secondary N) is 1. The fourth-order valence-corrected chi connectivity index (χ4v) is 2.35. The molecule has 0 radical (unpaired) electrons. The number of esters is 1. The van der Waals surface area contributed by atoms with Gasteiger partial charge in [-0.15, -0.1) is 0 Å². The van der Waals surface area contributed by atoms with Crippen LogP contribution in [0, 0.1) is 11.3 Å². The van der Waals surface area contributed by atoms with E-state index in [1.54, 1.807) is 0 Å². The first kappa shape index (κ1) is 12.5. The molecule has 2 rings (SSSR count). The summed E-state index contributed by atoms with van der Waals surface area (Å²) in [6, 6.07) is 0. The number of hydrogen-bond donors (Lipinski definition) is 2. The molecule has 2 atom stereocenters. The van der Waals surface area contributed by atoms with Crippen LogP contribution >= 0.6 is 0 Å². The van der Waals surface area contributed by atoms with Crippen molar-refractivity contribution >= 4 is 17.8 Å². The Morgan fingerprint density at radius 3 is 2.89 bits per heavy atom. The third-order valence-corrected chi connectivity index (χ3v) is 3.35. The van der Waals surface area contributed by atoms with Gasteiger partial charge in [-0.1, -0.05) is 18.2 Å². The fraction of sp³-hybridized carbons (Fsp3) is 0.417. The fourth-order valence-electron chi connectivity index (χ4n) is 2.35. The lowest BCUT2D eigenvalue weighted by atomic mass is 9.71. The number of carbonyl (C=O) groups excluding carboxylic acids is 3. The van der Waals surface area contributed by atoms with E-state index in [2.05, 4.69) is 10.1 Å². The molecule has 0 aromatic rings. The Balaban J connectivity index is 2.41. The highest BCUT2D eigenvalue weighted by molar-refractivity contribution is 6.10. The molecule has 1 heterocycles. The highest BCUT2D eigenvalue weighted by Crippen LogP contribution is 2.42. The van der Waals surface area contributed by atoms with Crippen molar-refractivity contribution in [3.63, 3.8) is 0 Å². The van der Waals surface area contributed by atoms with Crippen molar-refractivity contribution in [2.75, 3.05) is 13.7 Å². The molecule has 2 aliphatic rings. The Bertz CT molecular complexity index is 479. The molecule has 0 saturated carbocycles. The summed E-state index contributed by atoms with van der Waals surface area (Å²) in [5.74, 6) is -2.23. The zero-order valence-electron chi connectivity index (χ0n) is 9.80. The molecule has 2 unspecified atom stereocenters. The van der Waals surface area contributed by atoms with Gasteiger partial charge in [-0.05, 0) is 6.42 Å². The molecule has 6 heteroatoms. The van der Waals surface area contributed by atoms with Gasteiger partial charge in [-0.25, -0.2) is 4.79 Å². The van der Waals surface area contributed by atoms with Crippen LogP contribution in [0.4, 0.5) is 0 Å². The van der Waals surface area contributed by atoms with Gasteiger partial charge in [0, 0.05) is 6.61 Å². The van der Waals surface area contributed by atoms with Crippen LogP contribution in [0.5, 0.6) is 0 Å². The second-order valence-electron chi connectivity index (χ2n) is 4.26. The third kappa shape index (κ3) is 1.65. The Morgan fingerprint density at radius 2 is 2.28 bits per heavy atom. The second kappa shape index (κ2) is 4.38. The first-order chi connectivity index (χ1) is 8.55. The summed E-state index contributed by atoms with van der Waals surface area (Å²) in [5, 5.41) is 11.3. The molecular formula is C12H13NO5. The van der Waals surface area contributed by atoms with E-state index in [0.29, 0.717) is 0 Å². The maximum atomic E-state index is 11.8. The van der Waals surface area contributed by atoms with E-state index in [4.69, 9.17) is 5.11 Å². The van der Waals surface area contributed by atoms with Crippen molar-refractivity contribution in [3.8, 4) is 0 Å². The molecule has 96 valence electrons. The van der Waals surface area contributed by atoms with Crippen molar-refractivity contribution in [2.24, 2.45) is 11.3 Å². The van der Waals surface area contributed by atoms with Crippen molar-refractivity contribution in [3.05, 3.63) is 23.8 Å².